The second-order valence-corrected chi connectivity index (χ2v) is 7.18. The van der Waals surface area contributed by atoms with Crippen LogP contribution >= 0.6 is 0 Å². The highest BCUT2D eigenvalue weighted by Gasteiger charge is 2.16. The van der Waals surface area contributed by atoms with Crippen molar-refractivity contribution in [3.63, 3.8) is 0 Å². The molecule has 4 aromatic rings. The Hall–Kier alpha value is -3.32. The molecule has 0 amide bonds. The molecule has 0 unspecified atom stereocenters. The fraction of sp³-hybridized carbons (Fsp3) is 0.238. The summed E-state index contributed by atoms with van der Waals surface area (Å²) in [5.74, 6) is 0.685. The van der Waals surface area contributed by atoms with Crippen LogP contribution in [0.2, 0.25) is 0 Å². The molecule has 0 radical (unpaired) electrons. The summed E-state index contributed by atoms with van der Waals surface area (Å²) in [5.41, 5.74) is 7.10. The summed E-state index contributed by atoms with van der Waals surface area (Å²) in [6.07, 6.45) is 3.74. The third-order valence-electron chi connectivity index (χ3n) is 5.05. The van der Waals surface area contributed by atoms with E-state index in [9.17, 15) is 0 Å². The monoisotopic (exact) mass is 371 g/mol. The number of nitrogens with zero attached hydrogens (tertiary/aromatic N) is 4. The molecule has 1 saturated heterocycles. The average molecular weight is 371 g/mol. The van der Waals surface area contributed by atoms with Crippen LogP contribution in [0.1, 0.15) is 5.69 Å². The lowest BCUT2D eigenvalue weighted by molar-refractivity contribution is 0.365. The highest BCUT2D eigenvalue weighted by atomic mass is 15.1. The van der Waals surface area contributed by atoms with E-state index < -0.39 is 0 Å². The lowest BCUT2D eigenvalue weighted by Gasteiger charge is -2.27. The standard InChI is InChI=1S/C21H21N7/c1-13-3-2-4-19(26-13)21-16(12-25-28-21)17-5-6-18-20(27-17)7-15(11-24-18)23-10-14-8-22-9-14/h2-7,11-12,14,22-23H,8-10H2,1H3,(H,25,28). The summed E-state index contributed by atoms with van der Waals surface area (Å²) in [6.45, 7) is 5.08. The van der Waals surface area contributed by atoms with Crippen LogP contribution in [-0.4, -0.2) is 44.8 Å². The first-order chi connectivity index (χ1) is 13.8. The highest BCUT2D eigenvalue weighted by molar-refractivity contribution is 5.83. The summed E-state index contributed by atoms with van der Waals surface area (Å²) in [4.78, 5) is 14.0. The second-order valence-electron chi connectivity index (χ2n) is 7.18. The third kappa shape index (κ3) is 3.20. The molecule has 5 rings (SSSR count). The maximum atomic E-state index is 4.85. The molecule has 7 nitrogen and oxygen atoms in total. The molecule has 0 aromatic carbocycles. The second kappa shape index (κ2) is 7.01. The summed E-state index contributed by atoms with van der Waals surface area (Å²) in [6, 6.07) is 12.0. The van der Waals surface area contributed by atoms with Gasteiger partial charge >= 0.3 is 0 Å². The maximum Gasteiger partial charge on any atom is 0.120 e. The van der Waals surface area contributed by atoms with Gasteiger partial charge < -0.3 is 10.6 Å². The van der Waals surface area contributed by atoms with Gasteiger partial charge in [-0.2, -0.15) is 5.10 Å². The van der Waals surface area contributed by atoms with Crippen LogP contribution in [0, 0.1) is 12.8 Å². The molecule has 5 heterocycles. The van der Waals surface area contributed by atoms with Crippen molar-refractivity contribution in [1.29, 1.82) is 0 Å². The van der Waals surface area contributed by atoms with E-state index in [1.807, 2.05) is 49.6 Å². The molecular formula is C21H21N7. The normalized spacial score (nSPS) is 14.2. The highest BCUT2D eigenvalue weighted by Crippen LogP contribution is 2.29. The molecule has 7 heteroatoms. The van der Waals surface area contributed by atoms with Gasteiger partial charge in [-0.3, -0.25) is 15.1 Å². The number of fused-ring (bicyclic) bond motifs is 1. The zero-order chi connectivity index (χ0) is 18.9. The summed E-state index contributed by atoms with van der Waals surface area (Å²) >= 11 is 0. The van der Waals surface area contributed by atoms with Gasteiger partial charge in [-0.05, 0) is 37.3 Å². The van der Waals surface area contributed by atoms with E-state index in [-0.39, 0.29) is 0 Å². The van der Waals surface area contributed by atoms with Crippen molar-refractivity contribution in [3.05, 3.63) is 54.5 Å². The fourth-order valence-electron chi connectivity index (χ4n) is 3.36. The van der Waals surface area contributed by atoms with E-state index in [0.29, 0.717) is 5.92 Å². The fourth-order valence-corrected chi connectivity index (χ4v) is 3.36. The number of H-pyrrole nitrogens is 1. The van der Waals surface area contributed by atoms with E-state index in [2.05, 4.69) is 36.9 Å². The van der Waals surface area contributed by atoms with Gasteiger partial charge in [-0.15, -0.1) is 0 Å². The largest absolute Gasteiger partial charge is 0.383 e. The van der Waals surface area contributed by atoms with Gasteiger partial charge in [0.1, 0.15) is 5.69 Å². The molecule has 1 aliphatic heterocycles. The van der Waals surface area contributed by atoms with E-state index in [1.54, 1.807) is 0 Å². The first-order valence-corrected chi connectivity index (χ1v) is 9.46. The Labute approximate surface area is 162 Å². The minimum Gasteiger partial charge on any atom is -0.383 e. The van der Waals surface area contributed by atoms with Gasteiger partial charge in [0.2, 0.25) is 0 Å². The van der Waals surface area contributed by atoms with Gasteiger partial charge in [0.05, 0.1) is 34.3 Å². The predicted octanol–water partition coefficient (Wildman–Crippen LogP) is 3.02. The number of aromatic nitrogens is 5. The Morgan fingerprint density at radius 3 is 2.82 bits per heavy atom. The number of aryl methyl sites for hydroxylation is 1. The number of nitrogens with one attached hydrogen (secondary N) is 3. The quantitative estimate of drug-likeness (QED) is 0.499. The predicted molar refractivity (Wildman–Crippen MR) is 110 cm³/mol. The van der Waals surface area contributed by atoms with E-state index >= 15 is 0 Å². The number of aromatic amines is 1. The van der Waals surface area contributed by atoms with Crippen LogP contribution < -0.4 is 10.6 Å². The topological polar surface area (TPSA) is 91.4 Å². The van der Waals surface area contributed by atoms with E-state index in [0.717, 1.165) is 64.7 Å². The van der Waals surface area contributed by atoms with Crippen LogP contribution in [0.5, 0.6) is 0 Å². The Kier molecular flexibility index (Phi) is 4.21. The van der Waals surface area contributed by atoms with Crippen molar-refractivity contribution in [2.24, 2.45) is 5.92 Å². The zero-order valence-corrected chi connectivity index (χ0v) is 15.6. The summed E-state index contributed by atoms with van der Waals surface area (Å²) in [7, 11) is 0. The van der Waals surface area contributed by atoms with Crippen LogP contribution in [0.3, 0.4) is 0 Å². The first-order valence-electron chi connectivity index (χ1n) is 9.46. The minimum absolute atomic E-state index is 0.685. The maximum absolute atomic E-state index is 4.85. The van der Waals surface area contributed by atoms with Crippen LogP contribution in [0.15, 0.2) is 48.8 Å². The molecule has 28 heavy (non-hydrogen) atoms. The van der Waals surface area contributed by atoms with Crippen molar-refractivity contribution < 1.29 is 0 Å². The number of hydrogen-bond acceptors (Lipinski definition) is 6. The molecule has 4 aromatic heterocycles. The van der Waals surface area contributed by atoms with Crippen molar-refractivity contribution >= 4 is 16.7 Å². The molecule has 0 atom stereocenters. The Balaban J connectivity index is 1.48. The molecule has 1 aliphatic rings. The van der Waals surface area contributed by atoms with E-state index in [4.69, 9.17) is 4.98 Å². The summed E-state index contributed by atoms with van der Waals surface area (Å²) < 4.78 is 0. The number of hydrogen-bond donors (Lipinski definition) is 3. The zero-order valence-electron chi connectivity index (χ0n) is 15.6. The lowest BCUT2D eigenvalue weighted by atomic mass is 10.0. The first kappa shape index (κ1) is 16.8. The van der Waals surface area contributed by atoms with Gasteiger partial charge in [0.25, 0.3) is 0 Å². The molecule has 0 bridgehead atoms. The smallest absolute Gasteiger partial charge is 0.120 e. The third-order valence-corrected chi connectivity index (χ3v) is 5.05. The van der Waals surface area contributed by atoms with Crippen molar-refractivity contribution in [2.45, 2.75) is 6.92 Å². The average Bonchev–Trinajstić information content (AvgIpc) is 3.16. The number of pyridine rings is 3. The Bertz CT molecular complexity index is 1130. The van der Waals surface area contributed by atoms with Crippen LogP contribution in [-0.2, 0) is 0 Å². The molecular weight excluding hydrogens is 350 g/mol. The van der Waals surface area contributed by atoms with Crippen molar-refractivity contribution in [3.8, 4) is 22.6 Å². The molecule has 0 saturated carbocycles. The van der Waals surface area contributed by atoms with Crippen LogP contribution in [0.4, 0.5) is 5.69 Å². The Morgan fingerprint density at radius 1 is 1.07 bits per heavy atom. The van der Waals surface area contributed by atoms with Crippen molar-refractivity contribution in [1.82, 2.24) is 30.5 Å². The van der Waals surface area contributed by atoms with Gasteiger partial charge in [0, 0.05) is 43.0 Å². The minimum atomic E-state index is 0.685. The Morgan fingerprint density at radius 2 is 2.00 bits per heavy atom. The lowest BCUT2D eigenvalue weighted by Crippen LogP contribution is -2.45. The van der Waals surface area contributed by atoms with Crippen LogP contribution in [0.25, 0.3) is 33.7 Å². The molecule has 1 fully saturated rings. The van der Waals surface area contributed by atoms with Gasteiger partial charge in [-0.25, -0.2) is 4.98 Å². The van der Waals surface area contributed by atoms with E-state index in [1.165, 1.54) is 0 Å². The number of anilines is 1. The molecule has 140 valence electrons. The van der Waals surface area contributed by atoms with Gasteiger partial charge in [0.15, 0.2) is 0 Å². The SMILES string of the molecule is Cc1cccc(-c2n[nH]cc2-c2ccc3ncc(NCC4CNC4)cc3n2)n1. The molecule has 0 aliphatic carbocycles. The number of rotatable bonds is 5. The molecule has 0 spiro atoms. The van der Waals surface area contributed by atoms with Crippen molar-refractivity contribution in [2.75, 3.05) is 25.0 Å². The molecule has 3 N–H and O–H groups in total. The summed E-state index contributed by atoms with van der Waals surface area (Å²) in [5, 5.41) is 14.1. The van der Waals surface area contributed by atoms with Gasteiger partial charge in [-0.1, -0.05) is 6.07 Å².